The van der Waals surface area contributed by atoms with E-state index in [4.69, 9.17) is 37.9 Å². The molecule has 7 fully saturated rings. The third-order valence-electron chi connectivity index (χ3n) is 18.0. The van der Waals surface area contributed by atoms with Crippen molar-refractivity contribution in [2.24, 2.45) is 46.3 Å². The van der Waals surface area contributed by atoms with E-state index >= 15 is 0 Å². The number of aliphatic hydroxyl groups is 15. The van der Waals surface area contributed by atoms with E-state index in [1.807, 2.05) is 6.08 Å². The number of ether oxygens (including phenoxy) is 8. The van der Waals surface area contributed by atoms with Crippen molar-refractivity contribution < 1.29 is 114 Å². The molecule has 73 heavy (non-hydrogen) atoms. The largest absolute Gasteiger partial charge is 0.396 e. The van der Waals surface area contributed by atoms with Gasteiger partial charge in [0, 0.05) is 12.5 Å². The number of aliphatic hydroxyl groups excluding tert-OH is 15. The lowest BCUT2D eigenvalue weighted by Gasteiger charge is -2.59. The maximum absolute atomic E-state index is 12.3. The van der Waals surface area contributed by atoms with Gasteiger partial charge < -0.3 is 114 Å². The van der Waals surface area contributed by atoms with Crippen molar-refractivity contribution in [3.63, 3.8) is 0 Å². The molecule has 8 rings (SSSR count). The summed E-state index contributed by atoms with van der Waals surface area (Å²) in [5, 5.41) is 163. The van der Waals surface area contributed by atoms with E-state index in [2.05, 4.69) is 39.8 Å². The van der Waals surface area contributed by atoms with Crippen molar-refractivity contribution in [3.05, 3.63) is 23.8 Å². The van der Waals surface area contributed by atoms with Crippen LogP contribution < -0.4 is 0 Å². The lowest BCUT2D eigenvalue weighted by molar-refractivity contribution is -0.392. The summed E-state index contributed by atoms with van der Waals surface area (Å²) in [6.45, 7) is 5.61. The van der Waals surface area contributed by atoms with E-state index in [9.17, 15) is 76.6 Å². The minimum Gasteiger partial charge on any atom is -0.396 e. The molecule has 0 aromatic rings. The molecular formula is C50H82O23. The van der Waals surface area contributed by atoms with Crippen molar-refractivity contribution in [3.8, 4) is 0 Å². The second-order valence-corrected chi connectivity index (χ2v) is 22.8. The van der Waals surface area contributed by atoms with Crippen LogP contribution in [0.25, 0.3) is 0 Å². The van der Waals surface area contributed by atoms with Crippen LogP contribution in [-0.2, 0) is 37.9 Å². The molecule has 0 spiro atoms. The van der Waals surface area contributed by atoms with Gasteiger partial charge in [0.25, 0.3) is 0 Å². The molecular weight excluding hydrogens is 969 g/mol. The van der Waals surface area contributed by atoms with Crippen molar-refractivity contribution in [2.45, 2.75) is 208 Å². The van der Waals surface area contributed by atoms with Gasteiger partial charge in [-0.05, 0) is 90.9 Å². The number of rotatable bonds is 16. The lowest BCUT2D eigenvalue weighted by Crippen LogP contribution is -2.67. The van der Waals surface area contributed by atoms with E-state index in [-0.39, 0.29) is 48.0 Å². The highest BCUT2D eigenvalue weighted by Gasteiger charge is 2.64. The summed E-state index contributed by atoms with van der Waals surface area (Å²) >= 11 is 0. The Balaban J connectivity index is 1.02. The third kappa shape index (κ3) is 10.9. The summed E-state index contributed by atoms with van der Waals surface area (Å²) < 4.78 is 47.3. The number of allylic oxidation sites excluding steroid dienone is 2. The molecule has 8 aliphatic rings. The molecule has 0 aromatic heterocycles. The fraction of sp³-hybridized carbons (Fsp3) is 0.920. The summed E-state index contributed by atoms with van der Waals surface area (Å²) in [5.41, 5.74) is 0.0530. The van der Waals surface area contributed by atoms with E-state index in [1.165, 1.54) is 0 Å². The van der Waals surface area contributed by atoms with Crippen LogP contribution >= 0.6 is 0 Å². The molecule has 4 heterocycles. The zero-order valence-electron chi connectivity index (χ0n) is 41.9. The van der Waals surface area contributed by atoms with Crippen molar-refractivity contribution >= 4 is 0 Å². The van der Waals surface area contributed by atoms with Gasteiger partial charge in [-0.2, -0.15) is 0 Å². The Morgan fingerprint density at radius 1 is 0.630 bits per heavy atom. The predicted molar refractivity (Wildman–Crippen MR) is 248 cm³/mol. The normalized spacial score (nSPS) is 51.9. The first kappa shape index (κ1) is 57.7. The molecule has 3 saturated carbocycles. The number of hydrogen-bond acceptors (Lipinski definition) is 23. The van der Waals surface area contributed by atoms with E-state index < -0.39 is 167 Å². The van der Waals surface area contributed by atoms with Crippen LogP contribution in [0, 0.1) is 46.3 Å². The highest BCUT2D eigenvalue weighted by atomic mass is 16.8. The predicted octanol–water partition coefficient (Wildman–Crippen LogP) is -3.99. The summed E-state index contributed by atoms with van der Waals surface area (Å²) in [4.78, 5) is 0. The number of hydrogen-bond donors (Lipinski definition) is 15. The summed E-state index contributed by atoms with van der Waals surface area (Å²) in [6, 6.07) is 0. The van der Waals surface area contributed by atoms with Gasteiger partial charge in [-0.15, -0.1) is 0 Å². The minimum absolute atomic E-state index is 0.000604. The van der Waals surface area contributed by atoms with Crippen LogP contribution in [0.4, 0.5) is 0 Å². The Hall–Kier alpha value is -1.44. The standard InChI is InChI=1S/C50H82O23/c1-20(2)6-5-7-21(15-51)25-14-26(55)32-22-8-9-24-33(57)28(11-13-49(24,3)23(22)10-12-50(25,32)4)67-48-41(65)44(43(31(18-54)70-48)72-47-39(63)37(61)35(59)30(17-53)69-47)73-45-40(64)42(27(56)19-66-45)71-46-38(62)36(60)34(58)29(16-52)68-46/h5,7,9,20-23,25-48,51-65H,6,8,10-19H2,1-4H3. The molecule has 29 atom stereocenters. The zero-order chi connectivity index (χ0) is 53.0. The molecule has 420 valence electrons. The highest BCUT2D eigenvalue weighted by molar-refractivity contribution is 5.30. The molecule has 4 aliphatic carbocycles. The van der Waals surface area contributed by atoms with Crippen LogP contribution in [0.15, 0.2) is 23.8 Å². The first-order valence-electron chi connectivity index (χ1n) is 26.1. The Labute approximate surface area is 424 Å². The molecule has 23 heteroatoms. The average molecular weight is 1050 g/mol. The Kier molecular flexibility index (Phi) is 18.6. The van der Waals surface area contributed by atoms with Crippen LogP contribution in [0.2, 0.25) is 0 Å². The van der Waals surface area contributed by atoms with Gasteiger partial charge in [-0.3, -0.25) is 0 Å². The summed E-state index contributed by atoms with van der Waals surface area (Å²) in [5.74, 6) is 0.705. The van der Waals surface area contributed by atoms with Crippen LogP contribution in [-0.4, -0.2) is 245 Å². The smallest absolute Gasteiger partial charge is 0.187 e. The van der Waals surface area contributed by atoms with Gasteiger partial charge in [0.1, 0.15) is 97.7 Å². The molecule has 23 nitrogen and oxygen atoms in total. The van der Waals surface area contributed by atoms with Crippen LogP contribution in [0.1, 0.15) is 72.6 Å². The van der Waals surface area contributed by atoms with Gasteiger partial charge >= 0.3 is 0 Å². The van der Waals surface area contributed by atoms with Crippen LogP contribution in [0.5, 0.6) is 0 Å². The van der Waals surface area contributed by atoms with Gasteiger partial charge in [0.2, 0.25) is 0 Å². The lowest BCUT2D eigenvalue weighted by atomic mass is 9.46. The van der Waals surface area contributed by atoms with Crippen molar-refractivity contribution in [2.75, 3.05) is 33.0 Å². The maximum atomic E-state index is 12.3. The second kappa shape index (κ2) is 23.5. The molecule has 4 aliphatic heterocycles. The maximum Gasteiger partial charge on any atom is 0.187 e. The van der Waals surface area contributed by atoms with E-state index in [0.29, 0.717) is 25.2 Å². The SMILES string of the molecule is CC(C)CC=CC(CO)C1CC(O)C2C3CC=C4C(O)C(OC5OC(CO)C(OC6OC(CO)C(O)C(O)C6O)C(OC6OCC(O)C(OC7OC(CO)C(O)C(O)C7O)C6O)C5O)CCC4(C)C3CCC12C. The summed E-state index contributed by atoms with van der Waals surface area (Å²) in [7, 11) is 0. The highest BCUT2D eigenvalue weighted by Crippen LogP contribution is 2.67. The first-order valence-corrected chi connectivity index (χ1v) is 26.1. The molecule has 29 unspecified atom stereocenters. The van der Waals surface area contributed by atoms with Crippen molar-refractivity contribution in [1.29, 1.82) is 0 Å². The van der Waals surface area contributed by atoms with Crippen molar-refractivity contribution in [1.82, 2.24) is 0 Å². The quantitative estimate of drug-likeness (QED) is 0.0656. The van der Waals surface area contributed by atoms with Gasteiger partial charge in [0.05, 0.1) is 38.6 Å². The molecule has 0 radical (unpaired) electrons. The van der Waals surface area contributed by atoms with Gasteiger partial charge in [-0.25, -0.2) is 0 Å². The van der Waals surface area contributed by atoms with E-state index in [1.54, 1.807) is 0 Å². The Bertz CT molecular complexity index is 1860. The zero-order valence-corrected chi connectivity index (χ0v) is 41.9. The average Bonchev–Trinajstić information content (AvgIpc) is 3.64. The first-order chi connectivity index (χ1) is 34.6. The topological polar surface area (TPSA) is 377 Å². The third-order valence-corrected chi connectivity index (χ3v) is 18.0. The molecule has 0 aromatic carbocycles. The van der Waals surface area contributed by atoms with Gasteiger partial charge in [-0.1, -0.05) is 45.9 Å². The van der Waals surface area contributed by atoms with E-state index in [0.717, 1.165) is 24.8 Å². The monoisotopic (exact) mass is 1050 g/mol. The van der Waals surface area contributed by atoms with Gasteiger partial charge in [0.15, 0.2) is 25.2 Å². The summed E-state index contributed by atoms with van der Waals surface area (Å²) in [6.07, 6.45) is -25.3. The number of fused-ring (bicyclic) bond motifs is 5. The second-order valence-electron chi connectivity index (χ2n) is 22.8. The molecule has 0 bridgehead atoms. The van der Waals surface area contributed by atoms with Crippen LogP contribution in [0.3, 0.4) is 0 Å². The Morgan fingerprint density at radius 3 is 1.78 bits per heavy atom. The fourth-order valence-electron chi connectivity index (χ4n) is 14.0. The Morgan fingerprint density at radius 2 is 1.19 bits per heavy atom. The minimum atomic E-state index is -2.00. The molecule has 15 N–H and O–H groups in total. The fourth-order valence-corrected chi connectivity index (χ4v) is 14.0. The molecule has 4 saturated heterocycles. The molecule has 0 amide bonds.